The molecule has 0 aromatic heterocycles. The summed E-state index contributed by atoms with van der Waals surface area (Å²) in [4.78, 5) is 22.9. The monoisotopic (exact) mass is 492 g/mol. The first kappa shape index (κ1) is 33.2. The molecule has 0 aromatic carbocycles. The van der Waals surface area contributed by atoms with Crippen molar-refractivity contribution in [2.24, 2.45) is 0 Å². The summed E-state index contributed by atoms with van der Waals surface area (Å²) in [6.45, 7) is 7.92. The van der Waals surface area contributed by atoms with E-state index >= 15 is 0 Å². The Labute approximate surface area is 206 Å². The predicted octanol–water partition coefficient (Wildman–Crippen LogP) is 6.74. The maximum Gasteiger partial charge on any atom is 0.308 e. The molecule has 7 heteroatoms. The number of rotatable bonds is 27. The van der Waals surface area contributed by atoms with Crippen LogP contribution in [-0.2, 0) is 18.7 Å². The Morgan fingerprint density at radius 2 is 0.879 bits per heavy atom. The van der Waals surface area contributed by atoms with Gasteiger partial charge in [-0.05, 0) is 19.3 Å². The first-order chi connectivity index (χ1) is 16.1. The smallest absolute Gasteiger partial charge is 0.308 e. The third-order valence-electron chi connectivity index (χ3n) is 5.77. The minimum atomic E-state index is -3.12. The van der Waals surface area contributed by atoms with Gasteiger partial charge in [-0.3, -0.25) is 0 Å². The van der Waals surface area contributed by atoms with Crippen LogP contribution >= 0.6 is 8.60 Å². The van der Waals surface area contributed by atoms with Gasteiger partial charge >= 0.3 is 5.97 Å². The second kappa shape index (κ2) is 25.3. The first-order valence-corrected chi connectivity index (χ1v) is 14.9. The average Bonchev–Trinajstić information content (AvgIpc) is 2.79. The lowest BCUT2D eigenvalue weighted by Gasteiger charge is -2.41. The summed E-state index contributed by atoms with van der Waals surface area (Å²) in [5, 5.41) is 0. The van der Waals surface area contributed by atoms with Gasteiger partial charge in [-0.1, -0.05) is 117 Å². The highest BCUT2D eigenvalue weighted by Crippen LogP contribution is 2.29. The van der Waals surface area contributed by atoms with Gasteiger partial charge in [-0.15, -0.1) is 0 Å². The summed E-state index contributed by atoms with van der Waals surface area (Å²) in [7, 11) is -3.12. The van der Waals surface area contributed by atoms with E-state index in [9.17, 15) is 9.79 Å². The zero-order valence-corrected chi connectivity index (χ0v) is 22.8. The minimum absolute atomic E-state index is 0.0308. The van der Waals surface area contributed by atoms with Crippen molar-refractivity contribution in [1.29, 1.82) is 0 Å². The summed E-state index contributed by atoms with van der Waals surface area (Å²) < 4.78 is 22.8. The number of hydrogen-bond acceptors (Lipinski definition) is 6. The molecule has 0 unspecified atom stereocenters. The zero-order chi connectivity index (χ0) is 24.5. The summed E-state index contributed by atoms with van der Waals surface area (Å²) in [6.07, 6.45) is 20.5. The third kappa shape index (κ3) is 22.4. The van der Waals surface area contributed by atoms with E-state index in [4.69, 9.17) is 18.7 Å². The first-order valence-electron chi connectivity index (χ1n) is 13.8. The molecule has 33 heavy (non-hydrogen) atoms. The Balaban J connectivity index is 4.54. The van der Waals surface area contributed by atoms with Crippen LogP contribution in [0.1, 0.15) is 136 Å². The van der Waals surface area contributed by atoms with Crippen LogP contribution in [0.4, 0.5) is 0 Å². The van der Waals surface area contributed by atoms with Crippen molar-refractivity contribution in [1.82, 2.24) is 0 Å². The maximum atomic E-state index is 11.5. The normalized spacial score (nSPS) is 12.2. The minimum Gasteiger partial charge on any atom is -0.820 e. The topological polar surface area (TPSA) is 83.0 Å². The molecule has 0 aliphatic carbocycles. The highest BCUT2D eigenvalue weighted by molar-refractivity contribution is 7.36. The Morgan fingerprint density at radius 1 is 0.515 bits per heavy atom. The van der Waals surface area contributed by atoms with Crippen molar-refractivity contribution in [3.8, 4) is 0 Å². The molecular weight excluding hydrogens is 439 g/mol. The van der Waals surface area contributed by atoms with Crippen LogP contribution in [0.3, 0.4) is 0 Å². The van der Waals surface area contributed by atoms with Crippen molar-refractivity contribution in [3.05, 3.63) is 0 Å². The molecule has 6 nitrogen and oxygen atoms in total. The number of ether oxygens (including phenoxy) is 3. The van der Waals surface area contributed by atoms with E-state index in [0.29, 0.717) is 19.8 Å². The molecule has 0 spiro atoms. The van der Waals surface area contributed by atoms with Crippen molar-refractivity contribution in [2.45, 2.75) is 142 Å². The Kier molecular flexibility index (Phi) is 25.4. The van der Waals surface area contributed by atoms with Crippen molar-refractivity contribution >= 4 is 8.60 Å². The molecule has 0 radical (unpaired) electrons. The van der Waals surface area contributed by atoms with Gasteiger partial charge in [0.2, 0.25) is 0 Å². The lowest BCUT2D eigenvalue weighted by atomic mass is 10.1. The summed E-state index contributed by atoms with van der Waals surface area (Å²) in [5.74, 6) is -1.66. The fourth-order valence-electron chi connectivity index (χ4n) is 3.72. The van der Waals surface area contributed by atoms with Gasteiger partial charge in [0.25, 0.3) is 0 Å². The van der Waals surface area contributed by atoms with Crippen LogP contribution in [0, 0.1) is 0 Å². The molecule has 0 fully saturated rings. The molecule has 0 amide bonds. The zero-order valence-electron chi connectivity index (χ0n) is 22.0. The molecule has 0 aliphatic rings. The fraction of sp³-hybridized carbons (Fsp3) is 1.00. The van der Waals surface area contributed by atoms with Gasteiger partial charge in [-0.2, -0.15) is 8.60 Å². The molecule has 0 heterocycles. The van der Waals surface area contributed by atoms with Crippen molar-refractivity contribution in [2.75, 3.05) is 26.4 Å². The van der Waals surface area contributed by atoms with E-state index in [1.54, 1.807) is 0 Å². The second-order valence-electron chi connectivity index (χ2n) is 9.05. The van der Waals surface area contributed by atoms with Crippen LogP contribution < -0.4 is 9.79 Å². The van der Waals surface area contributed by atoms with E-state index < -0.39 is 14.6 Å². The summed E-state index contributed by atoms with van der Waals surface area (Å²) in [5.41, 5.74) is 0. The standard InChI is InChI=1S/C26H53O6P/c1-4-7-10-13-16-19-22-29-25-26(32-33(27)28,30-23-20-17-14-11-8-5-2)31-24-21-18-15-12-9-6-3/h4-25H2,1-3H3/q-2. The molecule has 200 valence electrons. The molecule has 0 saturated carbocycles. The Hall–Kier alpha value is 0.190. The quantitative estimate of drug-likeness (QED) is 0.0718. The number of unbranched alkanes of at least 4 members (excludes halogenated alkanes) is 15. The van der Waals surface area contributed by atoms with E-state index in [0.717, 1.165) is 51.4 Å². The van der Waals surface area contributed by atoms with Crippen molar-refractivity contribution < 1.29 is 28.5 Å². The van der Waals surface area contributed by atoms with Crippen LogP contribution in [0.5, 0.6) is 0 Å². The maximum absolute atomic E-state index is 11.5. The predicted molar refractivity (Wildman–Crippen MR) is 134 cm³/mol. The van der Waals surface area contributed by atoms with Gasteiger partial charge in [0.1, 0.15) is 6.61 Å². The molecule has 0 aliphatic heterocycles. The lowest BCUT2D eigenvalue weighted by molar-refractivity contribution is -0.405. The van der Waals surface area contributed by atoms with Crippen molar-refractivity contribution in [3.63, 3.8) is 0 Å². The molecular formula is C26H53O6P-2. The largest absolute Gasteiger partial charge is 0.820 e. The van der Waals surface area contributed by atoms with E-state index in [1.165, 1.54) is 64.2 Å². The van der Waals surface area contributed by atoms with Gasteiger partial charge in [0.05, 0.1) is 13.2 Å². The summed E-state index contributed by atoms with van der Waals surface area (Å²) >= 11 is 0. The second-order valence-corrected chi connectivity index (χ2v) is 9.68. The molecule has 0 rings (SSSR count). The van der Waals surface area contributed by atoms with E-state index in [1.807, 2.05) is 0 Å². The molecule has 0 N–H and O–H groups in total. The lowest BCUT2D eigenvalue weighted by Crippen LogP contribution is -2.45. The fourth-order valence-corrected chi connectivity index (χ4v) is 4.10. The van der Waals surface area contributed by atoms with Crippen LogP contribution in [0.25, 0.3) is 0 Å². The highest BCUT2D eigenvalue weighted by Gasteiger charge is 2.33. The molecule has 0 saturated heterocycles. The highest BCUT2D eigenvalue weighted by atomic mass is 31.2. The van der Waals surface area contributed by atoms with Gasteiger partial charge in [0.15, 0.2) is 0 Å². The van der Waals surface area contributed by atoms with Gasteiger partial charge in [0, 0.05) is 6.61 Å². The van der Waals surface area contributed by atoms with Crippen LogP contribution in [0.2, 0.25) is 0 Å². The van der Waals surface area contributed by atoms with Gasteiger partial charge in [-0.25, -0.2) is 0 Å². The van der Waals surface area contributed by atoms with Crippen LogP contribution in [0.15, 0.2) is 0 Å². The molecule has 0 bridgehead atoms. The van der Waals surface area contributed by atoms with E-state index in [-0.39, 0.29) is 6.61 Å². The number of hydrogen-bond donors (Lipinski definition) is 0. The third-order valence-corrected chi connectivity index (χ3v) is 6.20. The Morgan fingerprint density at radius 3 is 1.27 bits per heavy atom. The van der Waals surface area contributed by atoms with Gasteiger partial charge < -0.3 is 28.5 Å². The average molecular weight is 493 g/mol. The molecule has 0 atom stereocenters. The van der Waals surface area contributed by atoms with E-state index in [2.05, 4.69) is 20.8 Å². The SMILES string of the molecule is CCCCCCCCOCC(OCCCCCCCC)(OCCCCCCCC)OP([O-])[O-]. The Bertz CT molecular complexity index is 366. The van der Waals surface area contributed by atoms with Crippen LogP contribution in [-0.4, -0.2) is 32.4 Å². The summed E-state index contributed by atoms with van der Waals surface area (Å²) in [6, 6.07) is 0. The molecule has 0 aromatic rings.